The molecular weight excluding hydrogens is 344 g/mol. The number of aliphatic hydroxyl groups is 2. The highest BCUT2D eigenvalue weighted by Crippen LogP contribution is 2.67. The van der Waals surface area contributed by atoms with Gasteiger partial charge in [0, 0.05) is 20.0 Å². The van der Waals surface area contributed by atoms with Crippen LogP contribution in [0.15, 0.2) is 11.5 Å². The molecule has 2 aliphatic carbocycles. The summed E-state index contributed by atoms with van der Waals surface area (Å²) in [4.78, 5) is 25.6. The van der Waals surface area contributed by atoms with Gasteiger partial charge in [-0.2, -0.15) is 0 Å². The van der Waals surface area contributed by atoms with Crippen molar-refractivity contribution in [1.82, 2.24) is 24.8 Å². The van der Waals surface area contributed by atoms with E-state index in [9.17, 15) is 15.0 Å². The van der Waals surface area contributed by atoms with Gasteiger partial charge in [-0.1, -0.05) is 11.8 Å². The molecule has 0 spiro atoms. The number of fused-ring (bicyclic) bond motifs is 2. The van der Waals surface area contributed by atoms with Gasteiger partial charge in [-0.3, -0.25) is 4.79 Å². The van der Waals surface area contributed by atoms with Crippen LogP contribution in [0.5, 0.6) is 0 Å². The maximum atomic E-state index is 12.3. The van der Waals surface area contributed by atoms with Gasteiger partial charge in [-0.05, 0) is 12.7 Å². The lowest BCUT2D eigenvalue weighted by Crippen LogP contribution is -2.41. The number of aromatic nitrogens is 4. The number of imidazole rings is 1. The van der Waals surface area contributed by atoms with Crippen LogP contribution < -0.4 is 10.6 Å². The van der Waals surface area contributed by atoms with Crippen molar-refractivity contribution in [3.8, 4) is 0 Å². The van der Waals surface area contributed by atoms with Gasteiger partial charge in [-0.25, -0.2) is 15.0 Å². The molecule has 10 heteroatoms. The third-order valence-corrected chi connectivity index (χ3v) is 6.01. The third-order valence-electron chi connectivity index (χ3n) is 5.46. The number of hydrogen-bond donors (Lipinski definition) is 4. The average Bonchev–Trinajstić information content (AvgIpc) is 3.17. The van der Waals surface area contributed by atoms with Gasteiger partial charge in [0.2, 0.25) is 5.91 Å². The molecule has 0 aliphatic heterocycles. The van der Waals surface area contributed by atoms with Gasteiger partial charge in [-0.15, -0.1) is 0 Å². The SMILES string of the molecule is CNC(=O)[C@@]12C[C@@H]1[C@@H](n1cnc3c(NC)nc(SC)nc31)C(O)C2O. The van der Waals surface area contributed by atoms with Gasteiger partial charge in [0.15, 0.2) is 22.1 Å². The molecule has 134 valence electrons. The zero-order chi connectivity index (χ0) is 17.9. The van der Waals surface area contributed by atoms with E-state index in [2.05, 4.69) is 25.6 Å². The second-order valence-electron chi connectivity index (χ2n) is 6.49. The summed E-state index contributed by atoms with van der Waals surface area (Å²) < 4.78 is 1.77. The molecular formula is C15H20N6O3S. The fraction of sp³-hybridized carbons (Fsp3) is 0.600. The zero-order valence-corrected chi connectivity index (χ0v) is 14.9. The number of hydrogen-bond acceptors (Lipinski definition) is 8. The van der Waals surface area contributed by atoms with Gasteiger partial charge in [0.25, 0.3) is 0 Å². The minimum absolute atomic E-state index is 0.152. The molecule has 4 N–H and O–H groups in total. The minimum Gasteiger partial charge on any atom is -0.389 e. The molecule has 2 unspecified atom stereocenters. The maximum Gasteiger partial charge on any atom is 0.229 e. The number of nitrogens with zero attached hydrogens (tertiary/aromatic N) is 4. The molecule has 25 heavy (non-hydrogen) atoms. The molecule has 0 bridgehead atoms. The van der Waals surface area contributed by atoms with Gasteiger partial charge >= 0.3 is 0 Å². The van der Waals surface area contributed by atoms with Crippen molar-refractivity contribution in [3.05, 3.63) is 6.33 Å². The number of carbonyl (C=O) groups is 1. The molecule has 2 aromatic rings. The van der Waals surface area contributed by atoms with E-state index in [1.165, 1.54) is 11.8 Å². The minimum atomic E-state index is -1.11. The van der Waals surface area contributed by atoms with Crippen molar-refractivity contribution >= 4 is 34.7 Å². The zero-order valence-electron chi connectivity index (χ0n) is 14.1. The highest BCUT2D eigenvalue weighted by molar-refractivity contribution is 7.98. The Morgan fingerprint density at radius 1 is 1.40 bits per heavy atom. The number of thioether (sulfide) groups is 1. The molecule has 1 amide bonds. The lowest BCUT2D eigenvalue weighted by molar-refractivity contribution is -0.132. The Morgan fingerprint density at radius 2 is 2.16 bits per heavy atom. The maximum absolute atomic E-state index is 12.3. The number of rotatable bonds is 4. The summed E-state index contributed by atoms with van der Waals surface area (Å²) >= 11 is 1.41. The predicted octanol–water partition coefficient (Wildman–Crippen LogP) is -0.381. The number of aliphatic hydroxyl groups excluding tert-OH is 2. The van der Waals surface area contributed by atoms with E-state index in [0.717, 1.165) is 0 Å². The van der Waals surface area contributed by atoms with Crippen molar-refractivity contribution < 1.29 is 15.0 Å². The van der Waals surface area contributed by atoms with Crippen LogP contribution in [-0.2, 0) is 4.79 Å². The lowest BCUT2D eigenvalue weighted by Gasteiger charge is -2.23. The molecule has 0 radical (unpaired) electrons. The topological polar surface area (TPSA) is 125 Å². The summed E-state index contributed by atoms with van der Waals surface area (Å²) in [5.41, 5.74) is 0.260. The molecule has 2 heterocycles. The average molecular weight is 364 g/mol. The first kappa shape index (κ1) is 16.6. The van der Waals surface area contributed by atoms with E-state index in [4.69, 9.17) is 0 Å². The van der Waals surface area contributed by atoms with Gasteiger partial charge in [0.1, 0.15) is 6.10 Å². The summed E-state index contributed by atoms with van der Waals surface area (Å²) in [7, 11) is 3.30. The standard InChI is InChI=1S/C15H20N6O3S/c1-16-11-7-12(20-14(19-11)25-3)21(5-18-7)8-6-4-15(6,13(24)17-2)10(23)9(8)22/h5-6,8-10,22-23H,4H2,1-3H3,(H,17,24)(H,16,19,20)/t6-,8-,9?,10?,15+/m1/s1. The molecule has 4 rings (SSSR count). The van der Waals surface area contributed by atoms with Crippen LogP contribution in [0, 0.1) is 11.3 Å². The molecule has 0 saturated heterocycles. The molecule has 2 aromatic heterocycles. The van der Waals surface area contributed by atoms with Crippen molar-refractivity contribution in [2.75, 3.05) is 25.7 Å². The molecule has 5 atom stereocenters. The van der Waals surface area contributed by atoms with Gasteiger partial charge < -0.3 is 25.4 Å². The van der Waals surface area contributed by atoms with Crippen molar-refractivity contribution in [2.45, 2.75) is 29.8 Å². The number of nitrogens with one attached hydrogen (secondary N) is 2. The van der Waals surface area contributed by atoms with Crippen molar-refractivity contribution in [3.63, 3.8) is 0 Å². The summed E-state index contributed by atoms with van der Waals surface area (Å²) in [6, 6.07) is -0.452. The van der Waals surface area contributed by atoms with E-state index >= 15 is 0 Å². The Labute approximate surface area is 148 Å². The highest BCUT2D eigenvalue weighted by Gasteiger charge is 2.75. The van der Waals surface area contributed by atoms with E-state index in [1.54, 1.807) is 25.0 Å². The Kier molecular flexibility index (Phi) is 3.67. The Bertz CT molecular complexity index is 857. The van der Waals surface area contributed by atoms with Crippen molar-refractivity contribution in [2.24, 2.45) is 11.3 Å². The summed E-state index contributed by atoms with van der Waals surface area (Å²) in [5, 5.41) is 27.3. The van der Waals surface area contributed by atoms with E-state index in [-0.39, 0.29) is 11.8 Å². The fourth-order valence-corrected chi connectivity index (χ4v) is 4.53. The van der Waals surface area contributed by atoms with Crippen LogP contribution in [0.2, 0.25) is 0 Å². The second kappa shape index (κ2) is 5.55. The molecule has 2 aliphatic rings. The van der Waals surface area contributed by atoms with Crippen molar-refractivity contribution in [1.29, 1.82) is 0 Å². The quantitative estimate of drug-likeness (QED) is 0.427. The Hall–Kier alpha value is -1.91. The molecule has 0 aromatic carbocycles. The third kappa shape index (κ3) is 2.04. The van der Waals surface area contributed by atoms with E-state index in [0.29, 0.717) is 28.6 Å². The summed E-state index contributed by atoms with van der Waals surface area (Å²) in [6.45, 7) is 0. The lowest BCUT2D eigenvalue weighted by atomic mass is 9.98. The van der Waals surface area contributed by atoms with Crippen LogP contribution in [0.25, 0.3) is 11.2 Å². The highest BCUT2D eigenvalue weighted by atomic mass is 32.2. The summed E-state index contributed by atoms with van der Waals surface area (Å²) in [6.07, 6.45) is 1.86. The number of carbonyl (C=O) groups excluding carboxylic acids is 1. The van der Waals surface area contributed by atoms with Crippen LogP contribution in [0.4, 0.5) is 5.82 Å². The monoisotopic (exact) mass is 364 g/mol. The largest absolute Gasteiger partial charge is 0.389 e. The first-order chi connectivity index (χ1) is 12.0. The molecule has 2 fully saturated rings. The normalized spacial score (nSPS) is 33.3. The Balaban J connectivity index is 1.82. The van der Waals surface area contributed by atoms with E-state index < -0.39 is 23.7 Å². The number of anilines is 1. The first-order valence-corrected chi connectivity index (χ1v) is 9.26. The van der Waals surface area contributed by atoms with Gasteiger partial charge in [0.05, 0.1) is 23.9 Å². The fourth-order valence-electron chi connectivity index (χ4n) is 4.17. The van der Waals surface area contributed by atoms with E-state index in [1.807, 2.05) is 6.26 Å². The van der Waals surface area contributed by atoms with Crippen LogP contribution in [-0.4, -0.2) is 68.2 Å². The second-order valence-corrected chi connectivity index (χ2v) is 7.26. The smallest absolute Gasteiger partial charge is 0.229 e. The number of amides is 1. The summed E-state index contributed by atoms with van der Waals surface area (Å²) in [5.74, 6) is 0.224. The van der Waals surface area contributed by atoms with Crippen LogP contribution >= 0.6 is 11.8 Å². The Morgan fingerprint density at radius 3 is 2.80 bits per heavy atom. The molecule has 9 nitrogen and oxygen atoms in total. The van der Waals surface area contributed by atoms with Crippen LogP contribution in [0.3, 0.4) is 0 Å². The molecule has 2 saturated carbocycles. The first-order valence-electron chi connectivity index (χ1n) is 8.04. The van der Waals surface area contributed by atoms with Crippen LogP contribution in [0.1, 0.15) is 12.5 Å². The predicted molar refractivity (Wildman–Crippen MR) is 92.3 cm³/mol.